The van der Waals surface area contributed by atoms with Crippen LogP contribution < -0.4 is 10.1 Å². The third kappa shape index (κ3) is 2.57. The highest BCUT2D eigenvalue weighted by molar-refractivity contribution is 6.33. The molecular formula is C20H18ClNO3. The van der Waals surface area contributed by atoms with Crippen LogP contribution in [0, 0.1) is 5.92 Å². The van der Waals surface area contributed by atoms with E-state index in [2.05, 4.69) is 17.5 Å². The number of allylic oxidation sites excluding steroid dienone is 2. The topological polar surface area (TPSA) is 58.6 Å². The van der Waals surface area contributed by atoms with Gasteiger partial charge in [-0.15, -0.1) is 0 Å². The van der Waals surface area contributed by atoms with Gasteiger partial charge in [0.1, 0.15) is 5.75 Å². The first kappa shape index (κ1) is 16.0. The molecule has 1 aliphatic carbocycles. The highest BCUT2D eigenvalue weighted by Crippen LogP contribution is 2.52. The molecule has 5 heteroatoms. The molecule has 3 atom stereocenters. The van der Waals surface area contributed by atoms with Crippen molar-refractivity contribution in [3.05, 3.63) is 70.3 Å². The third-order valence-corrected chi connectivity index (χ3v) is 5.49. The van der Waals surface area contributed by atoms with E-state index in [0.717, 1.165) is 29.0 Å². The van der Waals surface area contributed by atoms with Crippen LogP contribution in [0.25, 0.3) is 0 Å². The fraction of sp³-hybridized carbons (Fsp3) is 0.250. The molecule has 0 aromatic heterocycles. The van der Waals surface area contributed by atoms with E-state index in [0.29, 0.717) is 10.6 Å². The predicted molar refractivity (Wildman–Crippen MR) is 97.8 cm³/mol. The molecule has 0 amide bonds. The largest absolute Gasteiger partial charge is 0.497 e. The number of benzene rings is 2. The normalized spacial score (nSPS) is 23.5. The number of nitrogens with one attached hydrogen (secondary N) is 1. The molecule has 4 nitrogen and oxygen atoms in total. The van der Waals surface area contributed by atoms with Crippen molar-refractivity contribution in [2.75, 3.05) is 12.4 Å². The molecule has 128 valence electrons. The first-order chi connectivity index (χ1) is 12.1. The van der Waals surface area contributed by atoms with Gasteiger partial charge >= 0.3 is 5.97 Å². The highest BCUT2D eigenvalue weighted by atomic mass is 35.5. The Kier molecular flexibility index (Phi) is 3.92. The number of carboxylic acids is 1. The Morgan fingerprint density at radius 2 is 2.00 bits per heavy atom. The quantitative estimate of drug-likeness (QED) is 0.771. The summed E-state index contributed by atoms with van der Waals surface area (Å²) < 4.78 is 5.24. The summed E-state index contributed by atoms with van der Waals surface area (Å²) in [7, 11) is 1.65. The van der Waals surface area contributed by atoms with Crippen LogP contribution in [0.1, 0.15) is 39.9 Å². The molecule has 1 aliphatic heterocycles. The lowest BCUT2D eigenvalue weighted by Crippen LogP contribution is -2.30. The number of halogens is 1. The lowest BCUT2D eigenvalue weighted by Gasteiger charge is -2.38. The Morgan fingerprint density at radius 1 is 1.24 bits per heavy atom. The zero-order valence-electron chi connectivity index (χ0n) is 13.7. The summed E-state index contributed by atoms with van der Waals surface area (Å²) >= 11 is 6.41. The molecule has 4 rings (SSSR count). The summed E-state index contributed by atoms with van der Waals surface area (Å²) in [5.41, 5.74) is 2.99. The molecule has 0 radical (unpaired) electrons. The van der Waals surface area contributed by atoms with Crippen LogP contribution >= 0.6 is 11.6 Å². The number of ether oxygens (including phenoxy) is 1. The zero-order valence-corrected chi connectivity index (χ0v) is 14.5. The lowest BCUT2D eigenvalue weighted by molar-refractivity contribution is 0.0695. The first-order valence-electron chi connectivity index (χ1n) is 8.23. The second kappa shape index (κ2) is 6.12. The molecule has 2 aliphatic rings. The number of hydrogen-bond donors (Lipinski definition) is 2. The van der Waals surface area contributed by atoms with Gasteiger partial charge < -0.3 is 15.2 Å². The predicted octanol–water partition coefficient (Wildman–Crippen LogP) is 4.87. The van der Waals surface area contributed by atoms with Gasteiger partial charge in [0.05, 0.1) is 29.4 Å². The summed E-state index contributed by atoms with van der Waals surface area (Å²) in [6, 6.07) is 11.3. The van der Waals surface area contributed by atoms with Gasteiger partial charge in [-0.2, -0.15) is 0 Å². The molecule has 25 heavy (non-hydrogen) atoms. The van der Waals surface area contributed by atoms with Crippen molar-refractivity contribution in [1.29, 1.82) is 0 Å². The number of fused-ring (bicyclic) bond motifs is 3. The number of aromatic carboxylic acids is 1. The Morgan fingerprint density at radius 3 is 2.68 bits per heavy atom. The SMILES string of the molecule is COc1ccc([C@H]2Nc3c(Cl)ccc(C(=O)O)c3[C@H]3C=CC[C@@H]32)cc1. The minimum Gasteiger partial charge on any atom is -0.497 e. The summed E-state index contributed by atoms with van der Waals surface area (Å²) in [4.78, 5) is 11.7. The van der Waals surface area contributed by atoms with Crippen LogP contribution in [0.4, 0.5) is 5.69 Å². The number of hydrogen-bond acceptors (Lipinski definition) is 3. The molecule has 0 saturated carbocycles. The van der Waals surface area contributed by atoms with Crippen molar-refractivity contribution in [3.8, 4) is 5.75 Å². The van der Waals surface area contributed by atoms with Gasteiger partial charge in [0.15, 0.2) is 0 Å². The van der Waals surface area contributed by atoms with Crippen molar-refractivity contribution < 1.29 is 14.6 Å². The molecule has 0 fully saturated rings. The summed E-state index contributed by atoms with van der Waals surface area (Å²) in [5, 5.41) is 13.6. The van der Waals surface area contributed by atoms with Gasteiger partial charge in [0.25, 0.3) is 0 Å². The Bertz CT molecular complexity index is 860. The molecule has 0 saturated heterocycles. The van der Waals surface area contributed by atoms with E-state index in [1.54, 1.807) is 19.2 Å². The third-order valence-electron chi connectivity index (χ3n) is 5.17. The van der Waals surface area contributed by atoms with E-state index in [1.807, 2.05) is 24.3 Å². The van der Waals surface area contributed by atoms with Gasteiger partial charge in [-0.1, -0.05) is 35.9 Å². The van der Waals surface area contributed by atoms with E-state index >= 15 is 0 Å². The van der Waals surface area contributed by atoms with Gasteiger partial charge in [-0.25, -0.2) is 4.79 Å². The average Bonchev–Trinajstić information content (AvgIpc) is 3.11. The van der Waals surface area contributed by atoms with E-state index in [1.165, 1.54) is 0 Å². The minimum atomic E-state index is -0.920. The smallest absolute Gasteiger partial charge is 0.336 e. The Labute approximate surface area is 151 Å². The fourth-order valence-corrected chi connectivity index (χ4v) is 4.22. The number of carboxylic acid groups (broad SMARTS) is 1. The Balaban J connectivity index is 1.82. The van der Waals surface area contributed by atoms with Crippen molar-refractivity contribution in [3.63, 3.8) is 0 Å². The molecule has 0 unspecified atom stereocenters. The average molecular weight is 356 g/mol. The van der Waals surface area contributed by atoms with Crippen LogP contribution in [-0.4, -0.2) is 18.2 Å². The summed E-state index contributed by atoms with van der Waals surface area (Å²) in [6.07, 6.45) is 5.15. The second-order valence-corrected chi connectivity index (χ2v) is 6.84. The number of methoxy groups -OCH3 is 1. The van der Waals surface area contributed by atoms with Crippen molar-refractivity contribution in [1.82, 2.24) is 0 Å². The minimum absolute atomic E-state index is 0.0492. The van der Waals surface area contributed by atoms with Crippen LogP contribution in [0.2, 0.25) is 5.02 Å². The van der Waals surface area contributed by atoms with E-state index in [9.17, 15) is 9.90 Å². The van der Waals surface area contributed by atoms with Gasteiger partial charge in [0, 0.05) is 5.92 Å². The van der Waals surface area contributed by atoms with Crippen LogP contribution in [0.5, 0.6) is 5.75 Å². The lowest BCUT2D eigenvalue weighted by atomic mass is 9.75. The standard InChI is InChI=1S/C20H18ClNO3/c1-25-12-7-5-11(6-8-12)18-14-4-2-3-13(14)17-15(20(23)24)9-10-16(21)19(17)22-18/h2-3,5-10,13-14,18,22H,4H2,1H3,(H,23,24)/t13-,14-,18+/m0/s1. The molecule has 2 N–H and O–H groups in total. The maximum atomic E-state index is 11.7. The molecule has 2 aromatic rings. The van der Waals surface area contributed by atoms with Crippen LogP contribution in [0.15, 0.2) is 48.6 Å². The fourth-order valence-electron chi connectivity index (χ4n) is 4.00. The van der Waals surface area contributed by atoms with E-state index < -0.39 is 5.97 Å². The van der Waals surface area contributed by atoms with Gasteiger partial charge in [0.2, 0.25) is 0 Å². The molecule has 2 aromatic carbocycles. The zero-order chi connectivity index (χ0) is 17.6. The molecule has 1 heterocycles. The summed E-state index contributed by atoms with van der Waals surface area (Å²) in [6.45, 7) is 0. The molecular weight excluding hydrogens is 338 g/mol. The number of anilines is 1. The van der Waals surface area contributed by atoms with E-state index in [4.69, 9.17) is 16.3 Å². The number of rotatable bonds is 3. The Hall–Kier alpha value is -2.46. The second-order valence-electron chi connectivity index (χ2n) is 6.44. The van der Waals surface area contributed by atoms with Gasteiger partial charge in [-0.3, -0.25) is 0 Å². The first-order valence-corrected chi connectivity index (χ1v) is 8.60. The summed E-state index contributed by atoms with van der Waals surface area (Å²) in [5.74, 6) is 0.203. The van der Waals surface area contributed by atoms with Crippen molar-refractivity contribution in [2.24, 2.45) is 5.92 Å². The molecule has 0 bridgehead atoms. The van der Waals surface area contributed by atoms with Crippen molar-refractivity contribution in [2.45, 2.75) is 18.4 Å². The molecule has 0 spiro atoms. The van der Waals surface area contributed by atoms with Gasteiger partial charge in [-0.05, 0) is 47.7 Å². The highest BCUT2D eigenvalue weighted by Gasteiger charge is 2.40. The monoisotopic (exact) mass is 355 g/mol. The van der Waals surface area contributed by atoms with Crippen LogP contribution in [0.3, 0.4) is 0 Å². The number of carbonyl (C=O) groups is 1. The maximum absolute atomic E-state index is 11.7. The van der Waals surface area contributed by atoms with E-state index in [-0.39, 0.29) is 17.9 Å². The van der Waals surface area contributed by atoms with Crippen molar-refractivity contribution >= 4 is 23.3 Å². The van der Waals surface area contributed by atoms with Crippen LogP contribution in [-0.2, 0) is 0 Å². The maximum Gasteiger partial charge on any atom is 0.336 e.